The van der Waals surface area contributed by atoms with Gasteiger partial charge in [-0.3, -0.25) is 4.79 Å². The van der Waals surface area contributed by atoms with Crippen molar-refractivity contribution in [3.8, 4) is 0 Å². The summed E-state index contributed by atoms with van der Waals surface area (Å²) in [6, 6.07) is 0. The van der Waals surface area contributed by atoms with Gasteiger partial charge in [0.05, 0.1) is 6.61 Å². The summed E-state index contributed by atoms with van der Waals surface area (Å²) in [7, 11) is 0. The van der Waals surface area contributed by atoms with Gasteiger partial charge in [-0.2, -0.15) is 0 Å². The van der Waals surface area contributed by atoms with E-state index in [1.54, 1.807) is 6.92 Å². The third-order valence-electron chi connectivity index (χ3n) is 0.846. The maximum Gasteiger partial charge on any atom is 0.366 e. The zero-order valence-corrected chi connectivity index (χ0v) is 7.36. The third-order valence-corrected chi connectivity index (χ3v) is 0.846. The van der Waals surface area contributed by atoms with Crippen LogP contribution < -0.4 is 0 Å². The van der Waals surface area contributed by atoms with Crippen molar-refractivity contribution in [2.24, 2.45) is 0 Å². The molecule has 74 valence electrons. The third kappa shape index (κ3) is 6.79. The van der Waals surface area contributed by atoms with E-state index in [9.17, 15) is 14.4 Å². The Morgan fingerprint density at radius 1 is 1.08 bits per heavy atom. The lowest BCUT2D eigenvalue weighted by Crippen LogP contribution is -2.15. The van der Waals surface area contributed by atoms with E-state index >= 15 is 0 Å². The fraction of sp³-hybridized carbons (Fsp3) is 0.571. The molecular formula is C7H10O6. The molecule has 0 radical (unpaired) electrons. The number of esters is 1. The minimum Gasteiger partial charge on any atom is -0.466 e. The molecule has 0 atom stereocenters. The van der Waals surface area contributed by atoms with Crippen LogP contribution in [-0.2, 0) is 28.9 Å². The summed E-state index contributed by atoms with van der Waals surface area (Å²) in [4.78, 5) is 39.2. The molecule has 6 nitrogen and oxygen atoms in total. The van der Waals surface area contributed by atoms with Crippen LogP contribution in [0.1, 0.15) is 20.3 Å². The van der Waals surface area contributed by atoms with Gasteiger partial charge in [-0.25, -0.2) is 19.4 Å². The van der Waals surface area contributed by atoms with Crippen LogP contribution in [0.4, 0.5) is 0 Å². The summed E-state index contributed by atoms with van der Waals surface area (Å²) in [5.41, 5.74) is 0. The highest BCUT2D eigenvalue weighted by molar-refractivity contribution is 5.91. The first kappa shape index (κ1) is 11.4. The topological polar surface area (TPSA) is 78.9 Å². The molecule has 0 aliphatic carbocycles. The second-order valence-corrected chi connectivity index (χ2v) is 2.01. The van der Waals surface area contributed by atoms with E-state index in [2.05, 4.69) is 14.5 Å². The number of carbonyl (C=O) groups is 3. The quantitative estimate of drug-likeness (QED) is 0.269. The van der Waals surface area contributed by atoms with Gasteiger partial charge in [-0.05, 0) is 6.92 Å². The van der Waals surface area contributed by atoms with E-state index in [0.29, 0.717) is 0 Å². The highest BCUT2D eigenvalue weighted by atomic mass is 17.2. The SMILES string of the molecule is CCOC(=O)CC(=O)OOC(C)=O. The van der Waals surface area contributed by atoms with Gasteiger partial charge in [0.2, 0.25) is 0 Å². The van der Waals surface area contributed by atoms with Gasteiger partial charge >= 0.3 is 17.9 Å². The first-order valence-corrected chi connectivity index (χ1v) is 3.59. The van der Waals surface area contributed by atoms with Crippen LogP contribution in [0.15, 0.2) is 0 Å². The summed E-state index contributed by atoms with van der Waals surface area (Å²) >= 11 is 0. The van der Waals surface area contributed by atoms with E-state index < -0.39 is 24.3 Å². The van der Waals surface area contributed by atoms with Crippen molar-refractivity contribution in [1.82, 2.24) is 0 Å². The van der Waals surface area contributed by atoms with Gasteiger partial charge in [0.25, 0.3) is 0 Å². The lowest BCUT2D eigenvalue weighted by atomic mass is 10.4. The Morgan fingerprint density at radius 3 is 2.15 bits per heavy atom. The number of ether oxygens (including phenoxy) is 1. The normalized spacial score (nSPS) is 8.77. The summed E-state index contributed by atoms with van der Waals surface area (Å²) in [5.74, 6) is -2.45. The lowest BCUT2D eigenvalue weighted by molar-refractivity contribution is -0.257. The van der Waals surface area contributed by atoms with Crippen LogP contribution in [-0.4, -0.2) is 24.5 Å². The van der Waals surface area contributed by atoms with E-state index in [1.807, 2.05) is 0 Å². The molecule has 0 aliphatic rings. The molecular weight excluding hydrogens is 180 g/mol. The van der Waals surface area contributed by atoms with E-state index in [1.165, 1.54) is 0 Å². The van der Waals surface area contributed by atoms with Crippen molar-refractivity contribution in [3.63, 3.8) is 0 Å². The molecule has 0 fully saturated rings. The van der Waals surface area contributed by atoms with Crippen molar-refractivity contribution in [2.75, 3.05) is 6.61 Å². The summed E-state index contributed by atoms with van der Waals surface area (Å²) in [5, 5.41) is 0. The standard InChI is InChI=1S/C7H10O6/c1-3-11-6(9)4-7(10)13-12-5(2)8/h3-4H2,1-2H3. The van der Waals surface area contributed by atoms with Crippen LogP contribution in [0.2, 0.25) is 0 Å². The molecule has 0 aliphatic heterocycles. The minimum atomic E-state index is -0.964. The second kappa shape index (κ2) is 5.99. The van der Waals surface area contributed by atoms with Crippen LogP contribution in [0, 0.1) is 0 Å². The highest BCUT2D eigenvalue weighted by Gasteiger charge is 2.13. The van der Waals surface area contributed by atoms with Crippen LogP contribution in [0.3, 0.4) is 0 Å². The molecule has 13 heavy (non-hydrogen) atoms. The average Bonchev–Trinajstić information content (AvgIpc) is 2.01. The molecule has 6 heteroatoms. The molecule has 0 amide bonds. The van der Waals surface area contributed by atoms with Gasteiger partial charge in [0.1, 0.15) is 6.42 Å². The van der Waals surface area contributed by atoms with Crippen molar-refractivity contribution in [1.29, 1.82) is 0 Å². The number of hydrogen-bond donors (Lipinski definition) is 0. The summed E-state index contributed by atoms with van der Waals surface area (Å²) in [6.45, 7) is 2.85. The fourth-order valence-electron chi connectivity index (χ4n) is 0.464. The predicted molar refractivity (Wildman–Crippen MR) is 39.1 cm³/mol. The second-order valence-electron chi connectivity index (χ2n) is 2.01. The first-order valence-electron chi connectivity index (χ1n) is 3.59. The minimum absolute atomic E-state index is 0.180. The van der Waals surface area contributed by atoms with Gasteiger partial charge in [-0.15, -0.1) is 0 Å². The van der Waals surface area contributed by atoms with Gasteiger partial charge in [0, 0.05) is 6.92 Å². The van der Waals surface area contributed by atoms with Crippen molar-refractivity contribution in [2.45, 2.75) is 20.3 Å². The average molecular weight is 190 g/mol. The Morgan fingerprint density at radius 2 is 1.69 bits per heavy atom. The Kier molecular flexibility index (Phi) is 5.25. The van der Waals surface area contributed by atoms with Crippen molar-refractivity contribution in [3.05, 3.63) is 0 Å². The molecule has 0 spiro atoms. The van der Waals surface area contributed by atoms with Crippen LogP contribution in [0.25, 0.3) is 0 Å². The lowest BCUT2D eigenvalue weighted by Gasteiger charge is -2.00. The van der Waals surface area contributed by atoms with Crippen LogP contribution in [0.5, 0.6) is 0 Å². The molecule has 0 heterocycles. The maximum absolute atomic E-state index is 10.6. The zero-order chi connectivity index (χ0) is 10.3. The molecule has 0 saturated heterocycles. The molecule has 0 aromatic heterocycles. The Balaban J connectivity index is 3.62. The molecule has 0 aromatic rings. The summed E-state index contributed by atoms with van der Waals surface area (Å²) < 4.78 is 4.44. The predicted octanol–water partition coefficient (Wildman–Crippen LogP) is -0.0391. The maximum atomic E-state index is 10.6. The van der Waals surface area contributed by atoms with Crippen molar-refractivity contribution < 1.29 is 28.9 Å². The molecule has 0 saturated carbocycles. The van der Waals surface area contributed by atoms with Gasteiger partial charge in [0.15, 0.2) is 0 Å². The van der Waals surface area contributed by atoms with E-state index in [0.717, 1.165) is 6.92 Å². The monoisotopic (exact) mass is 190 g/mol. The molecule has 0 N–H and O–H groups in total. The van der Waals surface area contributed by atoms with Gasteiger partial charge < -0.3 is 4.74 Å². The van der Waals surface area contributed by atoms with Gasteiger partial charge in [-0.1, -0.05) is 0 Å². The number of hydrogen-bond acceptors (Lipinski definition) is 6. The highest BCUT2D eigenvalue weighted by Crippen LogP contribution is 1.91. The molecule has 0 bridgehead atoms. The first-order chi connectivity index (χ1) is 6.06. The Labute approximate surface area is 74.7 Å². The Bertz CT molecular complexity index is 209. The molecule has 0 unspecified atom stereocenters. The zero-order valence-electron chi connectivity index (χ0n) is 7.36. The molecule has 0 aromatic carbocycles. The Hall–Kier alpha value is -1.59. The van der Waals surface area contributed by atoms with Crippen LogP contribution >= 0.6 is 0 Å². The van der Waals surface area contributed by atoms with E-state index in [4.69, 9.17) is 0 Å². The smallest absolute Gasteiger partial charge is 0.366 e. The number of rotatable bonds is 3. The number of carbonyl (C=O) groups excluding carboxylic acids is 3. The molecule has 0 rings (SSSR count). The van der Waals surface area contributed by atoms with Crippen molar-refractivity contribution >= 4 is 17.9 Å². The largest absolute Gasteiger partial charge is 0.466 e. The summed E-state index contributed by atoms with van der Waals surface area (Å²) in [6.07, 6.45) is -0.568. The fourth-order valence-corrected chi connectivity index (χ4v) is 0.464. The van der Waals surface area contributed by atoms with E-state index in [-0.39, 0.29) is 6.61 Å².